The Morgan fingerprint density at radius 3 is 2.88 bits per heavy atom. The molecule has 0 bridgehead atoms. The zero-order chi connectivity index (χ0) is 17.6. The number of aryl methyl sites for hydroxylation is 2. The van der Waals surface area contributed by atoms with Crippen LogP contribution in [0.1, 0.15) is 46.3 Å². The molecular weight excluding hydrogens is 318 g/mol. The number of pyridine rings is 1. The van der Waals surface area contributed by atoms with E-state index in [1.165, 1.54) is 0 Å². The van der Waals surface area contributed by atoms with Gasteiger partial charge in [0.15, 0.2) is 5.82 Å². The van der Waals surface area contributed by atoms with Gasteiger partial charge in [0, 0.05) is 17.6 Å². The average Bonchev–Trinajstić information content (AvgIpc) is 3.22. The van der Waals surface area contributed by atoms with Crippen molar-refractivity contribution in [3.05, 3.63) is 57.4 Å². The number of H-pyrrole nitrogens is 2. The molecule has 1 amide bonds. The SMILES string of the molecule is Cc1ccc2nc(C)cc(C(=O)N3CCC[C@H]3c3n[nH]c(=O)[nH]3)c2c1. The first-order valence-corrected chi connectivity index (χ1v) is 8.36. The fourth-order valence-electron chi connectivity index (χ4n) is 3.54. The Hall–Kier alpha value is -2.96. The van der Waals surface area contributed by atoms with Crippen LogP contribution in [0.15, 0.2) is 29.1 Å². The van der Waals surface area contributed by atoms with E-state index in [2.05, 4.69) is 20.2 Å². The Balaban J connectivity index is 1.79. The van der Waals surface area contributed by atoms with Crippen molar-refractivity contribution in [1.82, 2.24) is 25.1 Å². The molecule has 2 N–H and O–H groups in total. The Labute approximate surface area is 144 Å². The molecule has 1 saturated heterocycles. The summed E-state index contributed by atoms with van der Waals surface area (Å²) >= 11 is 0. The zero-order valence-electron chi connectivity index (χ0n) is 14.2. The van der Waals surface area contributed by atoms with Gasteiger partial charge in [0.05, 0.1) is 17.1 Å². The van der Waals surface area contributed by atoms with Gasteiger partial charge in [0.1, 0.15) is 0 Å². The van der Waals surface area contributed by atoms with Gasteiger partial charge in [-0.2, -0.15) is 5.10 Å². The summed E-state index contributed by atoms with van der Waals surface area (Å²) < 4.78 is 0. The van der Waals surface area contributed by atoms with Gasteiger partial charge in [-0.05, 0) is 44.9 Å². The smallest absolute Gasteiger partial charge is 0.328 e. The first kappa shape index (κ1) is 15.6. The quantitative estimate of drug-likeness (QED) is 0.750. The van der Waals surface area contributed by atoms with Crippen molar-refractivity contribution in [1.29, 1.82) is 0 Å². The van der Waals surface area contributed by atoms with Crippen LogP contribution in [0.3, 0.4) is 0 Å². The number of carbonyl (C=O) groups excluding carboxylic acids is 1. The Morgan fingerprint density at radius 2 is 2.12 bits per heavy atom. The largest absolute Gasteiger partial charge is 0.340 e. The third kappa shape index (κ3) is 2.71. The van der Waals surface area contributed by atoms with E-state index in [0.717, 1.165) is 35.0 Å². The van der Waals surface area contributed by atoms with Crippen LogP contribution in [-0.2, 0) is 0 Å². The fraction of sp³-hybridized carbons (Fsp3) is 0.333. The molecule has 7 nitrogen and oxygen atoms in total. The summed E-state index contributed by atoms with van der Waals surface area (Å²) in [6.45, 7) is 4.54. The van der Waals surface area contributed by atoms with E-state index in [1.54, 1.807) is 4.90 Å². The second kappa shape index (κ2) is 5.84. The first-order chi connectivity index (χ1) is 12.0. The van der Waals surface area contributed by atoms with E-state index in [9.17, 15) is 9.59 Å². The molecule has 1 aliphatic heterocycles. The molecule has 3 heterocycles. The summed E-state index contributed by atoms with van der Waals surface area (Å²) in [5.41, 5.74) is 3.01. The summed E-state index contributed by atoms with van der Waals surface area (Å²) in [7, 11) is 0. The highest BCUT2D eigenvalue weighted by Crippen LogP contribution is 2.32. The molecule has 0 aliphatic carbocycles. The molecule has 0 unspecified atom stereocenters. The summed E-state index contributed by atoms with van der Waals surface area (Å²) in [5.74, 6) is 0.467. The van der Waals surface area contributed by atoms with Crippen LogP contribution in [-0.4, -0.2) is 37.5 Å². The Bertz CT molecular complexity index is 1020. The molecule has 25 heavy (non-hydrogen) atoms. The Kier molecular flexibility index (Phi) is 3.63. The lowest BCUT2D eigenvalue weighted by Crippen LogP contribution is -2.31. The maximum Gasteiger partial charge on any atom is 0.340 e. The fourth-order valence-corrected chi connectivity index (χ4v) is 3.54. The molecule has 128 valence electrons. The van der Waals surface area contributed by atoms with Gasteiger partial charge in [0.25, 0.3) is 5.91 Å². The van der Waals surface area contributed by atoms with Crippen LogP contribution in [0, 0.1) is 13.8 Å². The number of fused-ring (bicyclic) bond motifs is 1. The number of hydrogen-bond acceptors (Lipinski definition) is 4. The number of aromatic amines is 2. The van der Waals surface area contributed by atoms with Crippen molar-refractivity contribution >= 4 is 16.8 Å². The number of amides is 1. The average molecular weight is 337 g/mol. The predicted octanol–water partition coefficient (Wildman–Crippen LogP) is 2.24. The highest BCUT2D eigenvalue weighted by atomic mass is 16.2. The van der Waals surface area contributed by atoms with Crippen LogP contribution < -0.4 is 5.69 Å². The van der Waals surface area contributed by atoms with Gasteiger partial charge >= 0.3 is 5.69 Å². The van der Waals surface area contributed by atoms with Gasteiger partial charge in [-0.25, -0.2) is 9.89 Å². The van der Waals surface area contributed by atoms with E-state index in [-0.39, 0.29) is 17.6 Å². The maximum atomic E-state index is 13.3. The van der Waals surface area contributed by atoms with Gasteiger partial charge in [-0.3, -0.25) is 14.8 Å². The highest BCUT2D eigenvalue weighted by Gasteiger charge is 2.33. The van der Waals surface area contributed by atoms with Gasteiger partial charge in [0.2, 0.25) is 0 Å². The van der Waals surface area contributed by atoms with Gasteiger partial charge < -0.3 is 4.90 Å². The van der Waals surface area contributed by atoms with Crippen LogP contribution in [0.25, 0.3) is 10.9 Å². The molecule has 0 radical (unpaired) electrons. The van der Waals surface area contributed by atoms with E-state index >= 15 is 0 Å². The number of carbonyl (C=O) groups is 1. The molecule has 1 aromatic carbocycles. The highest BCUT2D eigenvalue weighted by molar-refractivity contribution is 6.06. The lowest BCUT2D eigenvalue weighted by atomic mass is 10.0. The van der Waals surface area contributed by atoms with Crippen molar-refractivity contribution in [3.63, 3.8) is 0 Å². The van der Waals surface area contributed by atoms with Gasteiger partial charge in [-0.1, -0.05) is 11.6 Å². The van der Waals surface area contributed by atoms with Crippen molar-refractivity contribution in [2.75, 3.05) is 6.54 Å². The summed E-state index contributed by atoms with van der Waals surface area (Å²) in [5, 5.41) is 7.26. The number of aromatic nitrogens is 4. The van der Waals surface area contributed by atoms with Crippen LogP contribution in [0.2, 0.25) is 0 Å². The molecule has 0 spiro atoms. The zero-order valence-corrected chi connectivity index (χ0v) is 14.2. The molecule has 2 aromatic heterocycles. The molecular formula is C18H19N5O2. The molecule has 1 fully saturated rings. The lowest BCUT2D eigenvalue weighted by molar-refractivity contribution is 0.0732. The van der Waals surface area contributed by atoms with E-state index in [4.69, 9.17) is 0 Å². The van der Waals surface area contributed by atoms with Gasteiger partial charge in [-0.15, -0.1) is 0 Å². The summed E-state index contributed by atoms with van der Waals surface area (Å²) in [6, 6.07) is 7.57. The Morgan fingerprint density at radius 1 is 1.28 bits per heavy atom. The number of hydrogen-bond donors (Lipinski definition) is 2. The number of nitrogens with one attached hydrogen (secondary N) is 2. The topological polar surface area (TPSA) is 94.7 Å². The van der Waals surface area contributed by atoms with E-state index < -0.39 is 0 Å². The van der Waals surface area contributed by atoms with Crippen LogP contribution in [0.5, 0.6) is 0 Å². The molecule has 1 atom stereocenters. The third-order valence-corrected chi connectivity index (χ3v) is 4.67. The number of rotatable bonds is 2. The predicted molar refractivity (Wildman–Crippen MR) is 93.4 cm³/mol. The van der Waals surface area contributed by atoms with E-state index in [0.29, 0.717) is 17.9 Å². The molecule has 1 aliphatic rings. The van der Waals surface area contributed by atoms with Crippen LogP contribution in [0.4, 0.5) is 0 Å². The first-order valence-electron chi connectivity index (χ1n) is 8.36. The van der Waals surface area contributed by atoms with E-state index in [1.807, 2.05) is 38.1 Å². The minimum atomic E-state index is -0.352. The molecule has 3 aromatic rings. The van der Waals surface area contributed by atoms with Crippen molar-refractivity contribution in [3.8, 4) is 0 Å². The third-order valence-electron chi connectivity index (χ3n) is 4.67. The van der Waals surface area contributed by atoms with Crippen molar-refractivity contribution in [2.24, 2.45) is 0 Å². The maximum absolute atomic E-state index is 13.3. The normalized spacial score (nSPS) is 17.4. The summed E-state index contributed by atoms with van der Waals surface area (Å²) in [4.78, 5) is 33.7. The van der Waals surface area contributed by atoms with Crippen LogP contribution >= 0.6 is 0 Å². The van der Waals surface area contributed by atoms with Crippen molar-refractivity contribution < 1.29 is 4.79 Å². The number of likely N-dealkylation sites (tertiary alicyclic amines) is 1. The summed E-state index contributed by atoms with van der Waals surface area (Å²) in [6.07, 6.45) is 1.67. The minimum Gasteiger partial charge on any atom is -0.328 e. The molecule has 7 heteroatoms. The van der Waals surface area contributed by atoms with Crippen molar-refractivity contribution in [2.45, 2.75) is 32.7 Å². The lowest BCUT2D eigenvalue weighted by Gasteiger charge is -2.23. The number of nitrogens with zero attached hydrogens (tertiary/aromatic N) is 3. The second-order valence-corrected chi connectivity index (χ2v) is 6.55. The standard InChI is InChI=1S/C18H19N5O2/c1-10-5-6-14-12(8-10)13(9-11(2)19-14)17(24)23-7-3-4-15(23)16-20-18(25)22-21-16/h5-6,8-9,15H,3-4,7H2,1-2H3,(H2,20,21,22,25)/t15-/m0/s1. The minimum absolute atomic E-state index is 0.0487. The molecule has 0 saturated carbocycles. The molecule has 4 rings (SSSR count). The monoisotopic (exact) mass is 337 g/mol. The second-order valence-electron chi connectivity index (χ2n) is 6.55. The number of benzene rings is 1.